The van der Waals surface area contributed by atoms with Gasteiger partial charge in [0, 0.05) is 16.6 Å². The second-order valence-corrected chi connectivity index (χ2v) is 8.15. The molecule has 3 aromatic carbocycles. The van der Waals surface area contributed by atoms with Crippen LogP contribution in [0.1, 0.15) is 0 Å². The molecule has 0 aliphatic rings. The number of halogens is 1. The number of benzene rings is 3. The first-order chi connectivity index (χ1) is 16.1. The zero-order valence-corrected chi connectivity index (χ0v) is 19.2. The van der Waals surface area contributed by atoms with E-state index >= 15 is 0 Å². The average Bonchev–Trinajstić information content (AvgIpc) is 2.84. The van der Waals surface area contributed by atoms with Gasteiger partial charge in [0.2, 0.25) is 5.91 Å². The standard InChI is InChI=1S/C23H21ClN6O2S/c1-32-15-9-10-17(24)20(12-15)29-22-23(28-19-8-3-2-7-18(19)27-22)30-33-16-6-4-5-14(11-16)26-21(31)13-25/h2-12H,13,25H2,1H3,(H,26,31)(H,27,29)(H,28,30). The molecule has 1 aromatic heterocycles. The molecule has 0 saturated carbocycles. The third kappa shape index (κ3) is 5.64. The third-order valence-electron chi connectivity index (χ3n) is 4.57. The Balaban J connectivity index is 1.63. The zero-order chi connectivity index (χ0) is 23.2. The maximum Gasteiger partial charge on any atom is 0.238 e. The topological polar surface area (TPSA) is 114 Å². The number of nitrogens with two attached hydrogens (primary N) is 1. The summed E-state index contributed by atoms with van der Waals surface area (Å²) in [4.78, 5) is 21.9. The molecule has 0 aliphatic carbocycles. The molecule has 0 spiro atoms. The van der Waals surface area contributed by atoms with Crippen LogP contribution in [-0.2, 0) is 4.79 Å². The number of methoxy groups -OCH3 is 1. The lowest BCUT2D eigenvalue weighted by Gasteiger charge is -2.14. The number of hydrogen-bond donors (Lipinski definition) is 4. The largest absolute Gasteiger partial charge is 0.497 e. The molecule has 8 nitrogen and oxygen atoms in total. The summed E-state index contributed by atoms with van der Waals surface area (Å²) in [6, 6.07) is 20.3. The van der Waals surface area contributed by atoms with Crippen LogP contribution >= 0.6 is 23.5 Å². The van der Waals surface area contributed by atoms with E-state index in [1.54, 1.807) is 31.4 Å². The van der Waals surface area contributed by atoms with Gasteiger partial charge in [-0.15, -0.1) is 0 Å². The smallest absolute Gasteiger partial charge is 0.238 e. The van der Waals surface area contributed by atoms with Gasteiger partial charge in [-0.1, -0.05) is 29.8 Å². The summed E-state index contributed by atoms with van der Waals surface area (Å²) >= 11 is 7.72. The monoisotopic (exact) mass is 480 g/mol. The fourth-order valence-electron chi connectivity index (χ4n) is 2.97. The SMILES string of the molecule is COc1ccc(Cl)c(Nc2nc3ccccc3nc2NSc2cccc(NC(=O)CN)c2)c1. The van der Waals surface area contributed by atoms with Gasteiger partial charge in [-0.2, -0.15) is 0 Å². The minimum atomic E-state index is -0.257. The second kappa shape index (κ2) is 10.4. The number of carbonyl (C=O) groups is 1. The van der Waals surface area contributed by atoms with Crippen LogP contribution in [0.4, 0.5) is 23.0 Å². The van der Waals surface area contributed by atoms with Crippen molar-refractivity contribution in [3.8, 4) is 5.75 Å². The van der Waals surface area contributed by atoms with Gasteiger partial charge in [0.25, 0.3) is 0 Å². The summed E-state index contributed by atoms with van der Waals surface area (Å²) in [5.74, 6) is 1.43. The molecule has 0 radical (unpaired) electrons. The van der Waals surface area contributed by atoms with Gasteiger partial charge in [0.05, 0.1) is 35.4 Å². The van der Waals surface area contributed by atoms with Crippen LogP contribution in [-0.4, -0.2) is 29.5 Å². The van der Waals surface area contributed by atoms with Crippen LogP contribution in [0.25, 0.3) is 11.0 Å². The lowest BCUT2D eigenvalue weighted by molar-refractivity contribution is -0.114. The average molecular weight is 481 g/mol. The number of hydrogen-bond acceptors (Lipinski definition) is 8. The van der Waals surface area contributed by atoms with Gasteiger partial charge in [-0.25, -0.2) is 9.97 Å². The lowest BCUT2D eigenvalue weighted by atomic mass is 10.3. The Morgan fingerprint density at radius 2 is 1.79 bits per heavy atom. The Kier molecular flexibility index (Phi) is 7.13. The molecule has 33 heavy (non-hydrogen) atoms. The van der Waals surface area contributed by atoms with Crippen molar-refractivity contribution in [3.05, 3.63) is 71.8 Å². The summed E-state index contributed by atoms with van der Waals surface area (Å²) in [5.41, 5.74) is 8.15. The Morgan fingerprint density at radius 3 is 2.52 bits per heavy atom. The molecule has 1 heterocycles. The number of fused-ring (bicyclic) bond motifs is 1. The number of aromatic nitrogens is 2. The molecule has 4 rings (SSSR count). The van der Waals surface area contributed by atoms with Crippen molar-refractivity contribution in [2.75, 3.05) is 29.0 Å². The summed E-state index contributed by atoms with van der Waals surface area (Å²) in [7, 11) is 1.59. The first kappa shape index (κ1) is 22.7. The number of ether oxygens (including phenoxy) is 1. The van der Waals surface area contributed by atoms with Crippen LogP contribution in [0.2, 0.25) is 5.02 Å². The van der Waals surface area contributed by atoms with E-state index in [1.165, 1.54) is 11.9 Å². The van der Waals surface area contributed by atoms with Crippen molar-refractivity contribution in [2.24, 2.45) is 5.73 Å². The van der Waals surface area contributed by atoms with Gasteiger partial charge >= 0.3 is 0 Å². The number of nitrogens with one attached hydrogen (secondary N) is 3. The van der Waals surface area contributed by atoms with Crippen LogP contribution in [0.5, 0.6) is 5.75 Å². The van der Waals surface area contributed by atoms with E-state index in [2.05, 4.69) is 15.4 Å². The van der Waals surface area contributed by atoms with Crippen LogP contribution in [0.15, 0.2) is 71.6 Å². The van der Waals surface area contributed by atoms with E-state index in [-0.39, 0.29) is 12.5 Å². The van der Waals surface area contributed by atoms with E-state index in [9.17, 15) is 4.79 Å². The minimum absolute atomic E-state index is 0.0792. The van der Waals surface area contributed by atoms with Crippen molar-refractivity contribution in [1.82, 2.24) is 9.97 Å². The Hall–Kier alpha value is -3.53. The minimum Gasteiger partial charge on any atom is -0.497 e. The van der Waals surface area contributed by atoms with E-state index in [4.69, 9.17) is 32.0 Å². The highest BCUT2D eigenvalue weighted by molar-refractivity contribution is 8.00. The van der Waals surface area contributed by atoms with Crippen LogP contribution < -0.4 is 25.8 Å². The molecule has 0 unspecified atom stereocenters. The number of para-hydroxylation sites is 2. The molecule has 1 amide bonds. The molecule has 168 valence electrons. The van der Waals surface area contributed by atoms with Gasteiger partial charge in [0.1, 0.15) is 5.75 Å². The second-order valence-electron chi connectivity index (χ2n) is 6.86. The maximum atomic E-state index is 11.6. The number of nitrogens with zero attached hydrogens (tertiary/aromatic N) is 2. The number of carbonyl (C=O) groups excluding carboxylic acids is 1. The van der Waals surface area contributed by atoms with Crippen molar-refractivity contribution in [2.45, 2.75) is 4.90 Å². The summed E-state index contributed by atoms with van der Waals surface area (Å²) in [5, 5.41) is 6.52. The molecule has 5 N–H and O–H groups in total. The molecular formula is C23H21ClN6O2S. The van der Waals surface area contributed by atoms with E-state index < -0.39 is 0 Å². The van der Waals surface area contributed by atoms with Gasteiger partial charge in [-0.3, -0.25) is 4.79 Å². The Labute approximate surface area is 200 Å². The molecule has 4 aromatic rings. The highest BCUT2D eigenvalue weighted by Crippen LogP contribution is 2.33. The Morgan fingerprint density at radius 1 is 1.03 bits per heavy atom. The molecule has 0 bridgehead atoms. The van der Waals surface area contributed by atoms with Crippen LogP contribution in [0, 0.1) is 0 Å². The van der Waals surface area contributed by atoms with Crippen molar-refractivity contribution >= 4 is 63.5 Å². The third-order valence-corrected chi connectivity index (χ3v) is 5.68. The first-order valence-electron chi connectivity index (χ1n) is 9.96. The molecule has 0 atom stereocenters. The highest BCUT2D eigenvalue weighted by atomic mass is 35.5. The normalized spacial score (nSPS) is 10.6. The van der Waals surface area contributed by atoms with Gasteiger partial charge < -0.3 is 25.8 Å². The predicted molar refractivity (Wildman–Crippen MR) is 134 cm³/mol. The van der Waals surface area contributed by atoms with Crippen LogP contribution in [0.3, 0.4) is 0 Å². The summed E-state index contributed by atoms with van der Waals surface area (Å²) < 4.78 is 8.56. The number of anilines is 4. The molecule has 0 aliphatic heterocycles. The molecular weight excluding hydrogens is 460 g/mol. The van der Waals surface area contributed by atoms with E-state index in [0.29, 0.717) is 33.8 Å². The predicted octanol–water partition coefficient (Wildman–Crippen LogP) is 5.05. The van der Waals surface area contributed by atoms with Gasteiger partial charge in [-0.05, 0) is 54.4 Å². The maximum absolute atomic E-state index is 11.6. The summed E-state index contributed by atoms with van der Waals surface area (Å²) in [6.45, 7) is -0.0792. The number of rotatable bonds is 8. The van der Waals surface area contributed by atoms with E-state index in [1.807, 2.05) is 42.5 Å². The fraction of sp³-hybridized carbons (Fsp3) is 0.0870. The zero-order valence-electron chi connectivity index (χ0n) is 17.6. The van der Waals surface area contributed by atoms with Crippen molar-refractivity contribution in [3.63, 3.8) is 0 Å². The molecule has 10 heteroatoms. The molecule has 0 fully saturated rings. The van der Waals surface area contributed by atoms with E-state index in [0.717, 1.165) is 15.9 Å². The summed E-state index contributed by atoms with van der Waals surface area (Å²) in [6.07, 6.45) is 0. The fourth-order valence-corrected chi connectivity index (χ4v) is 3.82. The Bertz CT molecular complexity index is 1300. The quantitative estimate of drug-likeness (QED) is 0.259. The highest BCUT2D eigenvalue weighted by Gasteiger charge is 2.12. The lowest BCUT2D eigenvalue weighted by Crippen LogP contribution is -2.21. The van der Waals surface area contributed by atoms with Gasteiger partial charge in [0.15, 0.2) is 11.6 Å². The van der Waals surface area contributed by atoms with Crippen molar-refractivity contribution < 1.29 is 9.53 Å². The van der Waals surface area contributed by atoms with Crippen molar-refractivity contribution in [1.29, 1.82) is 0 Å². The molecule has 0 saturated heterocycles. The first-order valence-corrected chi connectivity index (χ1v) is 11.2. The number of amides is 1.